The van der Waals surface area contributed by atoms with Gasteiger partial charge >= 0.3 is 0 Å². The smallest absolute Gasteiger partial charge is 0.149 e. The van der Waals surface area contributed by atoms with Crippen molar-refractivity contribution in [1.29, 1.82) is 0 Å². The number of ketones is 1. The molecule has 0 saturated heterocycles. The van der Waals surface area contributed by atoms with Gasteiger partial charge in [-0.15, -0.1) is 0 Å². The van der Waals surface area contributed by atoms with E-state index in [-0.39, 0.29) is 18.0 Å². The maximum absolute atomic E-state index is 12.0. The van der Waals surface area contributed by atoms with Crippen molar-refractivity contribution in [3.63, 3.8) is 0 Å². The van der Waals surface area contributed by atoms with Crippen LogP contribution in [0.3, 0.4) is 0 Å². The number of carbonyl (C=O) groups excluding carboxylic acids is 1. The fraction of sp³-hybridized carbons (Fsp3) is 0.538. The topological polar surface area (TPSA) is 54.0 Å². The number of hydrogen-bond donors (Lipinski definition) is 2. The lowest BCUT2D eigenvalue weighted by molar-refractivity contribution is -0.125. The molecule has 4 heteroatoms. The Morgan fingerprint density at radius 3 is 3.18 bits per heavy atom. The molecule has 2 heterocycles. The van der Waals surface area contributed by atoms with Gasteiger partial charge in [0.2, 0.25) is 0 Å². The molecule has 0 aromatic carbocycles. The van der Waals surface area contributed by atoms with Crippen LogP contribution in [0.2, 0.25) is 0 Å². The number of hydrogen-bond acceptors (Lipinski definition) is 4. The molecule has 3 rings (SSSR count). The van der Waals surface area contributed by atoms with Crippen LogP contribution in [0.4, 0.5) is 11.5 Å². The van der Waals surface area contributed by atoms with Gasteiger partial charge in [-0.3, -0.25) is 4.79 Å². The van der Waals surface area contributed by atoms with Crippen LogP contribution in [0, 0.1) is 5.92 Å². The molecule has 0 amide bonds. The third-order valence-corrected chi connectivity index (χ3v) is 3.80. The summed E-state index contributed by atoms with van der Waals surface area (Å²) in [5.41, 5.74) is 1.02. The molecule has 1 aromatic rings. The fourth-order valence-electron chi connectivity index (χ4n) is 3.00. The van der Waals surface area contributed by atoms with Crippen LogP contribution in [0.1, 0.15) is 26.2 Å². The van der Waals surface area contributed by atoms with Gasteiger partial charge in [-0.1, -0.05) is 0 Å². The third kappa shape index (κ3) is 1.77. The average molecular weight is 231 g/mol. The summed E-state index contributed by atoms with van der Waals surface area (Å²) in [4.78, 5) is 16.4. The van der Waals surface area contributed by atoms with Crippen LogP contribution >= 0.6 is 0 Å². The molecule has 0 unspecified atom stereocenters. The number of pyridine rings is 1. The lowest BCUT2D eigenvalue weighted by Crippen LogP contribution is -2.44. The first-order valence-corrected chi connectivity index (χ1v) is 6.26. The van der Waals surface area contributed by atoms with Crippen molar-refractivity contribution < 1.29 is 4.79 Å². The molecule has 4 nitrogen and oxygen atoms in total. The summed E-state index contributed by atoms with van der Waals surface area (Å²) in [5.74, 6) is 1.31. The van der Waals surface area contributed by atoms with Gasteiger partial charge in [-0.2, -0.15) is 0 Å². The Kier molecular flexibility index (Phi) is 2.50. The van der Waals surface area contributed by atoms with E-state index in [2.05, 4.69) is 22.5 Å². The highest BCUT2D eigenvalue weighted by molar-refractivity contribution is 5.85. The van der Waals surface area contributed by atoms with Crippen molar-refractivity contribution in [2.24, 2.45) is 5.92 Å². The van der Waals surface area contributed by atoms with Gasteiger partial charge in [0.15, 0.2) is 0 Å². The second-order valence-electron chi connectivity index (χ2n) is 4.97. The van der Waals surface area contributed by atoms with Crippen molar-refractivity contribution >= 4 is 17.3 Å². The molecule has 3 atom stereocenters. The van der Waals surface area contributed by atoms with Crippen LogP contribution < -0.4 is 10.6 Å². The van der Waals surface area contributed by atoms with E-state index in [0.29, 0.717) is 5.78 Å². The number of Topliss-reactive ketones (excluding diaryl/α,β-unsaturated/α-hetero) is 1. The molecule has 1 aliphatic heterocycles. The first kappa shape index (κ1) is 10.6. The molecular weight excluding hydrogens is 214 g/mol. The number of nitrogens with one attached hydrogen (secondary N) is 2. The highest BCUT2D eigenvalue weighted by Crippen LogP contribution is 2.33. The van der Waals surface area contributed by atoms with E-state index in [4.69, 9.17) is 0 Å². The predicted octanol–water partition coefficient (Wildman–Crippen LogP) is 2.05. The molecule has 0 bridgehead atoms. The van der Waals surface area contributed by atoms with Crippen LogP contribution in [0.25, 0.3) is 0 Å². The molecule has 90 valence electrons. The Balaban J connectivity index is 1.97. The predicted molar refractivity (Wildman–Crippen MR) is 67.1 cm³/mol. The standard InChI is InChI=1S/C13H17N3O/c1-8-12-9(4-2-6-11(12)17)16-10-5-3-7-14-13(10)15-8/h3,5,7-9,12,16H,2,4,6H2,1H3,(H,14,15)/t8-,9-,12-/m1/s1. The van der Waals surface area contributed by atoms with E-state index in [9.17, 15) is 4.79 Å². The minimum Gasteiger partial charge on any atom is -0.379 e. The molecule has 1 aromatic heterocycles. The van der Waals surface area contributed by atoms with E-state index in [1.165, 1.54) is 0 Å². The highest BCUT2D eigenvalue weighted by Gasteiger charge is 2.38. The van der Waals surface area contributed by atoms with E-state index >= 15 is 0 Å². The van der Waals surface area contributed by atoms with Crippen LogP contribution in [0.15, 0.2) is 18.3 Å². The van der Waals surface area contributed by atoms with E-state index < -0.39 is 0 Å². The van der Waals surface area contributed by atoms with Gasteiger partial charge < -0.3 is 10.6 Å². The zero-order valence-corrected chi connectivity index (χ0v) is 9.94. The lowest BCUT2D eigenvalue weighted by atomic mass is 9.79. The van der Waals surface area contributed by atoms with Crippen molar-refractivity contribution in [3.05, 3.63) is 18.3 Å². The Morgan fingerprint density at radius 1 is 1.41 bits per heavy atom. The third-order valence-electron chi connectivity index (χ3n) is 3.80. The largest absolute Gasteiger partial charge is 0.379 e. The van der Waals surface area contributed by atoms with Crippen LogP contribution in [0.5, 0.6) is 0 Å². The highest BCUT2D eigenvalue weighted by atomic mass is 16.1. The van der Waals surface area contributed by atoms with Gasteiger partial charge in [-0.25, -0.2) is 4.98 Å². The molecule has 1 fully saturated rings. The Labute approximate surface area is 101 Å². The summed E-state index contributed by atoms with van der Waals surface area (Å²) < 4.78 is 0. The van der Waals surface area contributed by atoms with Crippen molar-refractivity contribution in [1.82, 2.24) is 4.98 Å². The summed E-state index contributed by atoms with van der Waals surface area (Å²) >= 11 is 0. The number of nitrogens with zero attached hydrogens (tertiary/aromatic N) is 1. The molecule has 0 spiro atoms. The van der Waals surface area contributed by atoms with Crippen molar-refractivity contribution in [2.75, 3.05) is 10.6 Å². The number of rotatable bonds is 0. The fourth-order valence-corrected chi connectivity index (χ4v) is 3.00. The Bertz CT molecular complexity index is 446. The molecule has 17 heavy (non-hydrogen) atoms. The number of anilines is 2. The number of aromatic nitrogens is 1. The minimum absolute atomic E-state index is 0.0675. The lowest BCUT2D eigenvalue weighted by Gasteiger charge is -2.32. The summed E-state index contributed by atoms with van der Waals surface area (Å²) in [5, 5.41) is 6.83. The van der Waals surface area contributed by atoms with Crippen LogP contribution in [-0.4, -0.2) is 22.9 Å². The van der Waals surface area contributed by atoms with E-state index in [0.717, 1.165) is 30.8 Å². The molecule has 2 N–H and O–H groups in total. The van der Waals surface area contributed by atoms with E-state index in [1.807, 2.05) is 12.1 Å². The molecule has 0 radical (unpaired) electrons. The first-order valence-electron chi connectivity index (χ1n) is 6.26. The normalized spacial score (nSPS) is 31.6. The molecule has 1 saturated carbocycles. The second-order valence-corrected chi connectivity index (χ2v) is 4.97. The molecular formula is C13H17N3O. The summed E-state index contributed by atoms with van der Waals surface area (Å²) in [7, 11) is 0. The van der Waals surface area contributed by atoms with Crippen molar-refractivity contribution in [2.45, 2.75) is 38.3 Å². The summed E-state index contributed by atoms with van der Waals surface area (Å²) in [6.07, 6.45) is 4.56. The SMILES string of the molecule is C[C@H]1Nc2ncccc2N[C@@H]2CCCC(=O)[C@H]12. The van der Waals surface area contributed by atoms with Gasteiger partial charge in [0.1, 0.15) is 11.6 Å². The zero-order chi connectivity index (χ0) is 11.8. The Morgan fingerprint density at radius 2 is 2.29 bits per heavy atom. The van der Waals surface area contributed by atoms with E-state index in [1.54, 1.807) is 6.20 Å². The van der Waals surface area contributed by atoms with Gasteiger partial charge in [0.25, 0.3) is 0 Å². The monoisotopic (exact) mass is 231 g/mol. The maximum atomic E-state index is 12.0. The summed E-state index contributed by atoms with van der Waals surface area (Å²) in [6, 6.07) is 4.34. The second kappa shape index (κ2) is 4.02. The zero-order valence-electron chi connectivity index (χ0n) is 9.94. The van der Waals surface area contributed by atoms with Gasteiger partial charge in [0, 0.05) is 24.7 Å². The number of fused-ring (bicyclic) bond motifs is 2. The quantitative estimate of drug-likeness (QED) is 0.717. The van der Waals surface area contributed by atoms with Gasteiger partial charge in [-0.05, 0) is 31.9 Å². The van der Waals surface area contributed by atoms with Crippen molar-refractivity contribution in [3.8, 4) is 0 Å². The average Bonchev–Trinajstić information content (AvgIpc) is 2.45. The minimum atomic E-state index is 0.0675. The van der Waals surface area contributed by atoms with Gasteiger partial charge in [0.05, 0.1) is 11.6 Å². The molecule has 1 aliphatic carbocycles. The first-order chi connectivity index (χ1) is 8.25. The number of carbonyl (C=O) groups is 1. The maximum Gasteiger partial charge on any atom is 0.149 e. The molecule has 2 aliphatic rings. The summed E-state index contributed by atoms with van der Waals surface area (Å²) in [6.45, 7) is 2.08. The Hall–Kier alpha value is -1.58. The van der Waals surface area contributed by atoms with Crippen LogP contribution in [-0.2, 0) is 4.79 Å².